The lowest BCUT2D eigenvalue weighted by Gasteiger charge is -2.39. The molecule has 1 aromatic rings. The minimum Gasteiger partial charge on any atom is -0.508 e. The summed E-state index contributed by atoms with van der Waals surface area (Å²) in [5.74, 6) is -2.05. The van der Waals surface area contributed by atoms with Gasteiger partial charge in [0, 0.05) is 18.9 Å². The smallest absolute Gasteiger partial charge is 0.335 e. The predicted octanol–water partition coefficient (Wildman–Crippen LogP) is -0.779. The highest BCUT2D eigenvalue weighted by atomic mass is 16.4. The van der Waals surface area contributed by atoms with E-state index in [2.05, 4.69) is 5.32 Å². The molecule has 0 aliphatic heterocycles. The van der Waals surface area contributed by atoms with Crippen LogP contribution in [0.15, 0.2) is 30.3 Å². The van der Waals surface area contributed by atoms with E-state index in [1.165, 1.54) is 24.3 Å². The first-order valence-corrected chi connectivity index (χ1v) is 7.31. The topological polar surface area (TPSA) is 147 Å². The van der Waals surface area contributed by atoms with E-state index < -0.39 is 48.6 Å². The summed E-state index contributed by atoms with van der Waals surface area (Å²) in [6.07, 6.45) is -1.15. The first kappa shape index (κ1) is 17.9. The molecule has 8 nitrogen and oxygen atoms in total. The highest BCUT2D eigenvalue weighted by Gasteiger charge is 2.49. The highest BCUT2D eigenvalue weighted by Crippen LogP contribution is 2.29. The van der Waals surface area contributed by atoms with Gasteiger partial charge in [0.1, 0.15) is 11.9 Å². The molecule has 1 aliphatic carbocycles. The fraction of sp³-hybridized carbons (Fsp3) is 0.375. The molecule has 24 heavy (non-hydrogen) atoms. The zero-order valence-corrected chi connectivity index (χ0v) is 12.7. The van der Waals surface area contributed by atoms with Gasteiger partial charge in [-0.05, 0) is 23.8 Å². The number of carbonyl (C=O) groups excluding carboxylic acids is 1. The van der Waals surface area contributed by atoms with Gasteiger partial charge in [0.15, 0.2) is 5.60 Å². The van der Waals surface area contributed by atoms with Crippen LogP contribution >= 0.6 is 0 Å². The van der Waals surface area contributed by atoms with Crippen molar-refractivity contribution in [1.82, 2.24) is 5.32 Å². The monoisotopic (exact) mass is 337 g/mol. The first-order valence-electron chi connectivity index (χ1n) is 7.31. The van der Waals surface area contributed by atoms with Gasteiger partial charge >= 0.3 is 5.97 Å². The van der Waals surface area contributed by atoms with Crippen molar-refractivity contribution < 1.29 is 35.1 Å². The summed E-state index contributed by atoms with van der Waals surface area (Å²) in [5.41, 5.74) is -1.56. The van der Waals surface area contributed by atoms with Gasteiger partial charge in [-0.15, -0.1) is 0 Å². The fourth-order valence-electron chi connectivity index (χ4n) is 2.60. The summed E-state index contributed by atoms with van der Waals surface area (Å²) in [4.78, 5) is 23.0. The third kappa shape index (κ3) is 4.10. The Balaban J connectivity index is 2.03. The molecule has 130 valence electrons. The van der Waals surface area contributed by atoms with Gasteiger partial charge in [0.25, 0.3) is 0 Å². The molecule has 0 unspecified atom stereocenters. The Kier molecular flexibility index (Phi) is 5.23. The maximum atomic E-state index is 11.9. The van der Waals surface area contributed by atoms with E-state index in [9.17, 15) is 30.0 Å². The molecule has 8 heteroatoms. The standard InChI is InChI=1S/C16H19NO7/c18-10-4-1-9(2-5-10)3-6-13(20)17-11-7-16(24,15(22)23)8-12(19)14(11)21/h1-6,11-12,14,18-19,21,24H,7-8H2,(H,17,20)(H,22,23)/b6-3+/t11-,12-,14+,16-/m1/s1. The maximum absolute atomic E-state index is 11.9. The SMILES string of the molecule is O=C(/C=C/c1ccc(O)cc1)N[C@@H]1C[C@](O)(C(=O)O)C[C@@H](O)[C@H]1O. The number of aliphatic hydroxyl groups is 3. The Morgan fingerprint density at radius 2 is 1.79 bits per heavy atom. The Morgan fingerprint density at radius 1 is 1.17 bits per heavy atom. The van der Waals surface area contributed by atoms with Gasteiger partial charge in [0.2, 0.25) is 5.91 Å². The molecule has 6 N–H and O–H groups in total. The minimum absolute atomic E-state index is 0.0869. The summed E-state index contributed by atoms with van der Waals surface area (Å²) in [6.45, 7) is 0. The van der Waals surface area contributed by atoms with E-state index >= 15 is 0 Å². The average molecular weight is 337 g/mol. The Bertz CT molecular complexity index is 642. The van der Waals surface area contributed by atoms with Gasteiger partial charge in [-0.1, -0.05) is 12.1 Å². The quantitative estimate of drug-likeness (QED) is 0.395. The lowest BCUT2D eigenvalue weighted by Crippen LogP contribution is -2.60. The van der Waals surface area contributed by atoms with Gasteiger partial charge in [-0.25, -0.2) is 4.79 Å². The summed E-state index contributed by atoms with van der Waals surface area (Å²) in [7, 11) is 0. The fourth-order valence-corrected chi connectivity index (χ4v) is 2.60. The molecule has 0 radical (unpaired) electrons. The van der Waals surface area contributed by atoms with E-state index in [0.717, 1.165) is 0 Å². The van der Waals surface area contributed by atoms with Crippen molar-refractivity contribution in [2.75, 3.05) is 0 Å². The zero-order chi connectivity index (χ0) is 17.9. The number of rotatable bonds is 4. The maximum Gasteiger partial charge on any atom is 0.335 e. The number of carboxylic acid groups (broad SMARTS) is 1. The zero-order valence-electron chi connectivity index (χ0n) is 12.7. The van der Waals surface area contributed by atoms with Crippen molar-refractivity contribution in [3.63, 3.8) is 0 Å². The molecule has 1 aliphatic rings. The Hall–Kier alpha value is -2.42. The second-order valence-corrected chi connectivity index (χ2v) is 5.84. The van der Waals surface area contributed by atoms with E-state index in [1.807, 2.05) is 0 Å². The van der Waals surface area contributed by atoms with Crippen molar-refractivity contribution in [3.05, 3.63) is 35.9 Å². The van der Waals surface area contributed by atoms with Crippen molar-refractivity contribution in [2.24, 2.45) is 0 Å². The van der Waals surface area contributed by atoms with E-state index in [1.54, 1.807) is 12.1 Å². The Labute approximate surface area is 137 Å². The molecular formula is C16H19NO7. The van der Waals surface area contributed by atoms with Crippen LogP contribution in [0.1, 0.15) is 18.4 Å². The normalized spacial score (nSPS) is 30.2. The van der Waals surface area contributed by atoms with E-state index in [-0.39, 0.29) is 5.75 Å². The predicted molar refractivity (Wildman–Crippen MR) is 82.9 cm³/mol. The van der Waals surface area contributed by atoms with Crippen LogP contribution < -0.4 is 5.32 Å². The number of hydrogen-bond acceptors (Lipinski definition) is 6. The van der Waals surface area contributed by atoms with E-state index in [0.29, 0.717) is 5.56 Å². The summed E-state index contributed by atoms with van der Waals surface area (Å²) < 4.78 is 0. The van der Waals surface area contributed by atoms with Crippen molar-refractivity contribution in [3.8, 4) is 5.75 Å². The number of hydrogen-bond donors (Lipinski definition) is 6. The number of phenolic OH excluding ortho intramolecular Hbond substituents is 1. The lowest BCUT2D eigenvalue weighted by molar-refractivity contribution is -0.175. The largest absolute Gasteiger partial charge is 0.508 e. The average Bonchev–Trinajstić information content (AvgIpc) is 2.51. The molecule has 1 aromatic carbocycles. The molecule has 0 saturated heterocycles. The molecular weight excluding hydrogens is 318 g/mol. The van der Waals surface area contributed by atoms with Gasteiger partial charge in [-0.3, -0.25) is 4.79 Å². The van der Waals surface area contributed by atoms with Crippen LogP contribution in [0.5, 0.6) is 5.75 Å². The van der Waals surface area contributed by atoms with Crippen LogP contribution in [0.4, 0.5) is 0 Å². The van der Waals surface area contributed by atoms with Crippen LogP contribution in [-0.4, -0.2) is 61.3 Å². The third-order valence-electron chi connectivity index (χ3n) is 3.96. The number of carbonyl (C=O) groups is 2. The number of carboxylic acids is 1. The molecule has 1 saturated carbocycles. The van der Waals surface area contributed by atoms with Crippen molar-refractivity contribution in [2.45, 2.75) is 36.7 Å². The minimum atomic E-state index is -2.21. The molecule has 2 rings (SSSR count). The van der Waals surface area contributed by atoms with Crippen molar-refractivity contribution in [1.29, 1.82) is 0 Å². The molecule has 0 heterocycles. The van der Waals surface area contributed by atoms with Crippen LogP contribution in [0, 0.1) is 0 Å². The molecule has 4 atom stereocenters. The molecule has 0 bridgehead atoms. The van der Waals surface area contributed by atoms with Gasteiger partial charge in [0.05, 0.1) is 12.1 Å². The van der Waals surface area contributed by atoms with Gasteiger partial charge in [-0.2, -0.15) is 0 Å². The van der Waals surface area contributed by atoms with E-state index in [4.69, 9.17) is 5.11 Å². The molecule has 1 amide bonds. The summed E-state index contributed by atoms with van der Waals surface area (Å²) in [5, 5.41) is 50.2. The van der Waals surface area contributed by atoms with Crippen molar-refractivity contribution >= 4 is 18.0 Å². The second kappa shape index (κ2) is 7.00. The highest BCUT2D eigenvalue weighted by molar-refractivity contribution is 5.92. The van der Waals surface area contributed by atoms with Gasteiger partial charge < -0.3 is 30.8 Å². The first-order chi connectivity index (χ1) is 11.2. The number of nitrogens with one attached hydrogen (secondary N) is 1. The molecule has 0 aromatic heterocycles. The van der Waals surface area contributed by atoms with Crippen LogP contribution in [0.3, 0.4) is 0 Å². The summed E-state index contributed by atoms with van der Waals surface area (Å²) >= 11 is 0. The van der Waals surface area contributed by atoms with Crippen LogP contribution in [0.25, 0.3) is 6.08 Å². The lowest BCUT2D eigenvalue weighted by atomic mass is 9.78. The number of aromatic hydroxyl groups is 1. The summed E-state index contributed by atoms with van der Waals surface area (Å²) in [6, 6.07) is 4.97. The van der Waals surface area contributed by atoms with Crippen LogP contribution in [0.2, 0.25) is 0 Å². The number of aliphatic hydroxyl groups excluding tert-OH is 2. The Morgan fingerprint density at radius 3 is 2.38 bits per heavy atom. The number of phenols is 1. The number of amides is 1. The number of aliphatic carboxylic acids is 1. The number of benzene rings is 1. The molecule has 0 spiro atoms. The van der Waals surface area contributed by atoms with Crippen LogP contribution in [-0.2, 0) is 9.59 Å². The third-order valence-corrected chi connectivity index (χ3v) is 3.96. The molecule has 1 fully saturated rings. The second-order valence-electron chi connectivity index (χ2n) is 5.84.